The molecule has 1 rings (SSSR count). The Labute approximate surface area is 98.8 Å². The molecule has 96 valence electrons. The first kappa shape index (κ1) is 14.0. The SMILES string of the molecule is CNCc1ccccc1COC(C)C(F)(F)F. The van der Waals surface area contributed by atoms with Crippen LogP contribution < -0.4 is 5.32 Å². The number of alkyl halides is 3. The van der Waals surface area contributed by atoms with Crippen molar-refractivity contribution in [1.82, 2.24) is 5.32 Å². The van der Waals surface area contributed by atoms with Crippen LogP contribution in [0.2, 0.25) is 0 Å². The summed E-state index contributed by atoms with van der Waals surface area (Å²) in [4.78, 5) is 0. The van der Waals surface area contributed by atoms with Crippen LogP contribution >= 0.6 is 0 Å². The zero-order valence-electron chi connectivity index (χ0n) is 9.84. The van der Waals surface area contributed by atoms with Crippen molar-refractivity contribution in [2.45, 2.75) is 32.4 Å². The molecule has 0 spiro atoms. The number of benzene rings is 1. The maximum absolute atomic E-state index is 12.3. The van der Waals surface area contributed by atoms with Crippen LogP contribution in [-0.2, 0) is 17.9 Å². The molecule has 0 fully saturated rings. The molecule has 0 bridgehead atoms. The van der Waals surface area contributed by atoms with Gasteiger partial charge in [-0.05, 0) is 25.1 Å². The van der Waals surface area contributed by atoms with Gasteiger partial charge in [0.1, 0.15) is 0 Å². The molecule has 5 heteroatoms. The average molecular weight is 247 g/mol. The minimum atomic E-state index is -4.31. The number of rotatable bonds is 5. The molecule has 0 heterocycles. The molecule has 0 saturated heterocycles. The molecule has 0 radical (unpaired) electrons. The summed E-state index contributed by atoms with van der Waals surface area (Å²) in [6.45, 7) is 1.60. The fraction of sp³-hybridized carbons (Fsp3) is 0.500. The van der Waals surface area contributed by atoms with Crippen molar-refractivity contribution in [1.29, 1.82) is 0 Å². The third-order valence-corrected chi connectivity index (χ3v) is 2.44. The Balaban J connectivity index is 2.63. The van der Waals surface area contributed by atoms with Gasteiger partial charge in [-0.15, -0.1) is 0 Å². The van der Waals surface area contributed by atoms with E-state index in [0.717, 1.165) is 18.1 Å². The minimum absolute atomic E-state index is 0.0292. The largest absolute Gasteiger partial charge is 0.414 e. The summed E-state index contributed by atoms with van der Waals surface area (Å²) in [5.74, 6) is 0. The van der Waals surface area contributed by atoms with Crippen molar-refractivity contribution in [2.75, 3.05) is 7.05 Å². The quantitative estimate of drug-likeness (QED) is 0.863. The van der Waals surface area contributed by atoms with E-state index in [1.807, 2.05) is 12.1 Å². The Hall–Kier alpha value is -1.07. The molecule has 0 aliphatic carbocycles. The highest BCUT2D eigenvalue weighted by molar-refractivity contribution is 5.26. The van der Waals surface area contributed by atoms with Gasteiger partial charge in [0.25, 0.3) is 0 Å². The normalized spacial score (nSPS) is 13.7. The van der Waals surface area contributed by atoms with Crippen LogP contribution in [0.3, 0.4) is 0 Å². The number of halogens is 3. The maximum Gasteiger partial charge on any atom is 0.414 e. The highest BCUT2D eigenvalue weighted by Gasteiger charge is 2.36. The van der Waals surface area contributed by atoms with Crippen molar-refractivity contribution in [3.63, 3.8) is 0 Å². The van der Waals surface area contributed by atoms with Crippen LogP contribution in [0.4, 0.5) is 13.2 Å². The highest BCUT2D eigenvalue weighted by atomic mass is 19.4. The predicted molar refractivity (Wildman–Crippen MR) is 59.5 cm³/mol. The molecule has 0 aromatic heterocycles. The number of hydrogen-bond acceptors (Lipinski definition) is 2. The molecule has 0 aliphatic rings. The Morgan fingerprint density at radius 2 is 1.82 bits per heavy atom. The number of nitrogens with one attached hydrogen (secondary N) is 1. The first-order valence-corrected chi connectivity index (χ1v) is 5.35. The standard InChI is InChI=1S/C12H16F3NO/c1-9(12(13,14)15)17-8-11-6-4-3-5-10(11)7-16-2/h3-6,9,16H,7-8H2,1-2H3. The van der Waals surface area contributed by atoms with E-state index in [-0.39, 0.29) is 6.61 Å². The summed E-state index contributed by atoms with van der Waals surface area (Å²) in [5, 5.41) is 2.96. The Kier molecular flexibility index (Phi) is 4.96. The van der Waals surface area contributed by atoms with Gasteiger partial charge in [-0.25, -0.2) is 0 Å². The van der Waals surface area contributed by atoms with Gasteiger partial charge in [0.15, 0.2) is 6.10 Å². The van der Waals surface area contributed by atoms with Crippen molar-refractivity contribution in [3.05, 3.63) is 35.4 Å². The minimum Gasteiger partial charge on any atom is -0.364 e. The molecule has 1 unspecified atom stereocenters. The fourth-order valence-corrected chi connectivity index (χ4v) is 1.37. The van der Waals surface area contributed by atoms with Crippen LogP contribution in [-0.4, -0.2) is 19.3 Å². The van der Waals surface area contributed by atoms with Gasteiger partial charge in [-0.2, -0.15) is 13.2 Å². The predicted octanol–water partition coefficient (Wildman–Crippen LogP) is 2.87. The van der Waals surface area contributed by atoms with E-state index in [1.165, 1.54) is 0 Å². The molecular weight excluding hydrogens is 231 g/mol. The lowest BCUT2D eigenvalue weighted by Crippen LogP contribution is -2.28. The molecule has 0 saturated carbocycles. The zero-order chi connectivity index (χ0) is 12.9. The van der Waals surface area contributed by atoms with Crippen LogP contribution in [0, 0.1) is 0 Å². The van der Waals surface area contributed by atoms with Gasteiger partial charge in [-0.1, -0.05) is 24.3 Å². The van der Waals surface area contributed by atoms with Crippen molar-refractivity contribution in [2.24, 2.45) is 0 Å². The van der Waals surface area contributed by atoms with Gasteiger partial charge in [0.2, 0.25) is 0 Å². The summed E-state index contributed by atoms with van der Waals surface area (Å²) in [7, 11) is 1.79. The lowest BCUT2D eigenvalue weighted by atomic mass is 10.1. The van der Waals surface area contributed by atoms with Crippen molar-refractivity contribution >= 4 is 0 Å². The number of ether oxygens (including phenoxy) is 1. The monoisotopic (exact) mass is 247 g/mol. The molecule has 1 N–H and O–H groups in total. The van der Waals surface area contributed by atoms with Crippen LogP contribution in [0.1, 0.15) is 18.1 Å². The van der Waals surface area contributed by atoms with E-state index >= 15 is 0 Å². The third-order valence-electron chi connectivity index (χ3n) is 2.44. The van der Waals surface area contributed by atoms with E-state index in [2.05, 4.69) is 5.32 Å². The zero-order valence-corrected chi connectivity index (χ0v) is 9.84. The molecule has 0 amide bonds. The Bertz CT molecular complexity index is 352. The summed E-state index contributed by atoms with van der Waals surface area (Å²) in [6, 6.07) is 7.28. The lowest BCUT2D eigenvalue weighted by molar-refractivity contribution is -0.217. The fourth-order valence-electron chi connectivity index (χ4n) is 1.37. The van der Waals surface area contributed by atoms with E-state index in [1.54, 1.807) is 19.2 Å². The topological polar surface area (TPSA) is 21.3 Å². The van der Waals surface area contributed by atoms with Gasteiger partial charge in [-0.3, -0.25) is 0 Å². The maximum atomic E-state index is 12.3. The third kappa shape index (κ3) is 4.36. The smallest absolute Gasteiger partial charge is 0.364 e. The van der Waals surface area contributed by atoms with E-state index in [9.17, 15) is 13.2 Å². The van der Waals surface area contributed by atoms with Crippen LogP contribution in [0.15, 0.2) is 24.3 Å². The second-order valence-corrected chi connectivity index (χ2v) is 3.79. The molecule has 2 nitrogen and oxygen atoms in total. The first-order valence-electron chi connectivity index (χ1n) is 5.35. The van der Waals surface area contributed by atoms with Crippen molar-refractivity contribution < 1.29 is 17.9 Å². The summed E-state index contributed by atoms with van der Waals surface area (Å²) >= 11 is 0. The van der Waals surface area contributed by atoms with Crippen LogP contribution in [0.25, 0.3) is 0 Å². The molecule has 0 aliphatic heterocycles. The lowest BCUT2D eigenvalue weighted by Gasteiger charge is -2.17. The first-order chi connectivity index (χ1) is 7.95. The summed E-state index contributed by atoms with van der Waals surface area (Å²) < 4.78 is 41.6. The van der Waals surface area contributed by atoms with Gasteiger partial charge >= 0.3 is 6.18 Å². The Morgan fingerprint density at radius 3 is 2.35 bits per heavy atom. The van der Waals surface area contributed by atoms with Gasteiger partial charge in [0, 0.05) is 6.54 Å². The molecule has 1 atom stereocenters. The number of hydrogen-bond donors (Lipinski definition) is 1. The van der Waals surface area contributed by atoms with Crippen molar-refractivity contribution in [3.8, 4) is 0 Å². The van der Waals surface area contributed by atoms with E-state index < -0.39 is 12.3 Å². The second kappa shape index (κ2) is 6.02. The van der Waals surface area contributed by atoms with E-state index in [4.69, 9.17) is 4.74 Å². The highest BCUT2D eigenvalue weighted by Crippen LogP contribution is 2.23. The second-order valence-electron chi connectivity index (χ2n) is 3.79. The molecular formula is C12H16F3NO. The summed E-state index contributed by atoms with van der Waals surface area (Å²) in [6.07, 6.45) is -6.05. The van der Waals surface area contributed by atoms with Crippen LogP contribution in [0.5, 0.6) is 0 Å². The molecule has 17 heavy (non-hydrogen) atoms. The van der Waals surface area contributed by atoms with Gasteiger partial charge in [0.05, 0.1) is 6.61 Å². The van der Waals surface area contributed by atoms with Gasteiger partial charge < -0.3 is 10.1 Å². The average Bonchev–Trinajstić information content (AvgIpc) is 2.26. The Morgan fingerprint density at radius 1 is 1.24 bits per heavy atom. The van der Waals surface area contributed by atoms with E-state index in [0.29, 0.717) is 6.54 Å². The molecule has 1 aromatic carbocycles. The molecule has 1 aromatic rings. The summed E-state index contributed by atoms with van der Waals surface area (Å²) in [5.41, 5.74) is 1.72.